The highest BCUT2D eigenvalue weighted by Crippen LogP contribution is 2.31. The summed E-state index contributed by atoms with van der Waals surface area (Å²) < 4.78 is 17.6. The van der Waals surface area contributed by atoms with E-state index in [1.54, 1.807) is 4.90 Å². The van der Waals surface area contributed by atoms with Gasteiger partial charge in [0.1, 0.15) is 23.4 Å². The summed E-state index contributed by atoms with van der Waals surface area (Å²) in [5.41, 5.74) is 4.16. The molecule has 0 aliphatic carbocycles. The molecule has 0 radical (unpaired) electrons. The Morgan fingerprint density at radius 3 is 2.62 bits per heavy atom. The fraction of sp³-hybridized carbons (Fsp3) is 0.286. The SMILES string of the molecule is CC(C)(C)OC(=O)N1CC=C(c2cccc(OCc3cccc4c3oc3ccccc34)n2)CC1. The van der Waals surface area contributed by atoms with Gasteiger partial charge in [0.2, 0.25) is 5.88 Å². The lowest BCUT2D eigenvalue weighted by Crippen LogP contribution is -2.39. The lowest BCUT2D eigenvalue weighted by molar-refractivity contribution is 0.0270. The number of furan rings is 1. The first-order valence-electron chi connectivity index (χ1n) is 11.5. The average Bonchev–Trinajstić information content (AvgIpc) is 3.21. The molecule has 34 heavy (non-hydrogen) atoms. The predicted octanol–water partition coefficient (Wildman–Crippen LogP) is 6.58. The molecule has 1 amide bonds. The van der Waals surface area contributed by atoms with Crippen LogP contribution in [-0.2, 0) is 11.3 Å². The monoisotopic (exact) mass is 456 g/mol. The van der Waals surface area contributed by atoms with Crippen molar-refractivity contribution >= 4 is 33.6 Å². The Bertz CT molecular complexity index is 1380. The van der Waals surface area contributed by atoms with Crippen LogP contribution in [0.5, 0.6) is 5.88 Å². The second-order valence-corrected chi connectivity index (χ2v) is 9.45. The Kier molecular flexibility index (Phi) is 5.74. The zero-order chi connectivity index (χ0) is 23.7. The molecule has 0 N–H and O–H groups in total. The zero-order valence-corrected chi connectivity index (χ0v) is 19.7. The van der Waals surface area contributed by atoms with E-state index in [0.29, 0.717) is 32.0 Å². The van der Waals surface area contributed by atoms with Crippen molar-refractivity contribution in [1.82, 2.24) is 9.88 Å². The van der Waals surface area contributed by atoms with E-state index < -0.39 is 5.60 Å². The second kappa shape index (κ2) is 8.86. The normalized spacial score (nSPS) is 14.3. The highest BCUT2D eigenvalue weighted by Gasteiger charge is 2.24. The van der Waals surface area contributed by atoms with Crippen LogP contribution in [0.4, 0.5) is 4.79 Å². The van der Waals surface area contributed by atoms with E-state index in [0.717, 1.165) is 38.8 Å². The number of carbonyl (C=O) groups excluding carboxylic acids is 1. The van der Waals surface area contributed by atoms with Crippen molar-refractivity contribution < 1.29 is 18.7 Å². The Hall–Kier alpha value is -3.80. The second-order valence-electron chi connectivity index (χ2n) is 9.45. The summed E-state index contributed by atoms with van der Waals surface area (Å²) in [6.45, 7) is 7.09. The Morgan fingerprint density at radius 2 is 1.82 bits per heavy atom. The molecule has 1 aliphatic rings. The number of hydrogen-bond acceptors (Lipinski definition) is 5. The number of para-hydroxylation sites is 2. The number of aromatic nitrogens is 1. The molecule has 5 rings (SSSR count). The molecule has 6 nitrogen and oxygen atoms in total. The molecule has 6 heteroatoms. The molecule has 3 heterocycles. The van der Waals surface area contributed by atoms with Crippen LogP contribution in [0.15, 0.2) is 71.2 Å². The minimum Gasteiger partial charge on any atom is -0.473 e. The lowest BCUT2D eigenvalue weighted by atomic mass is 10.0. The summed E-state index contributed by atoms with van der Waals surface area (Å²) in [4.78, 5) is 18.7. The van der Waals surface area contributed by atoms with Gasteiger partial charge in [0.15, 0.2) is 0 Å². The third-order valence-electron chi connectivity index (χ3n) is 5.77. The van der Waals surface area contributed by atoms with Crippen LogP contribution in [0.1, 0.15) is 38.4 Å². The van der Waals surface area contributed by atoms with E-state index >= 15 is 0 Å². The minimum absolute atomic E-state index is 0.285. The van der Waals surface area contributed by atoms with Crippen LogP contribution < -0.4 is 4.74 Å². The molecule has 4 aromatic rings. The Morgan fingerprint density at radius 1 is 1.03 bits per heavy atom. The van der Waals surface area contributed by atoms with Crippen molar-refractivity contribution in [3.05, 3.63) is 78.0 Å². The number of amides is 1. The van der Waals surface area contributed by atoms with E-state index in [4.69, 9.17) is 18.9 Å². The fourth-order valence-corrected chi connectivity index (χ4v) is 4.14. The molecule has 0 saturated carbocycles. The summed E-state index contributed by atoms with van der Waals surface area (Å²) in [5.74, 6) is 0.557. The number of benzene rings is 2. The molecule has 0 fully saturated rings. The third-order valence-corrected chi connectivity index (χ3v) is 5.77. The van der Waals surface area contributed by atoms with Crippen LogP contribution in [0, 0.1) is 0 Å². The number of carbonyl (C=O) groups is 1. The minimum atomic E-state index is -0.499. The highest BCUT2D eigenvalue weighted by atomic mass is 16.6. The molecule has 0 spiro atoms. The maximum atomic E-state index is 12.3. The topological polar surface area (TPSA) is 64.8 Å². The van der Waals surface area contributed by atoms with Crippen LogP contribution in [0.25, 0.3) is 27.5 Å². The lowest BCUT2D eigenvalue weighted by Gasteiger charge is -2.29. The molecule has 2 aromatic heterocycles. The number of rotatable bonds is 4. The highest BCUT2D eigenvalue weighted by molar-refractivity contribution is 6.05. The van der Waals surface area contributed by atoms with Crippen LogP contribution in [0.2, 0.25) is 0 Å². The van der Waals surface area contributed by atoms with Gasteiger partial charge in [0.05, 0.1) is 5.69 Å². The smallest absolute Gasteiger partial charge is 0.410 e. The van der Waals surface area contributed by atoms with E-state index in [1.807, 2.05) is 75.4 Å². The largest absolute Gasteiger partial charge is 0.473 e. The van der Waals surface area contributed by atoms with Gasteiger partial charge >= 0.3 is 6.09 Å². The van der Waals surface area contributed by atoms with E-state index in [1.165, 1.54) is 0 Å². The molecule has 1 aliphatic heterocycles. The van der Waals surface area contributed by atoms with Crippen LogP contribution in [-0.4, -0.2) is 34.7 Å². The molecule has 0 saturated heterocycles. The van der Waals surface area contributed by atoms with Gasteiger partial charge in [0.25, 0.3) is 0 Å². The molecule has 0 atom stereocenters. The van der Waals surface area contributed by atoms with Gasteiger partial charge in [-0.3, -0.25) is 0 Å². The number of hydrogen-bond donors (Lipinski definition) is 0. The first kappa shape index (κ1) is 22.0. The summed E-state index contributed by atoms with van der Waals surface area (Å²) >= 11 is 0. The zero-order valence-electron chi connectivity index (χ0n) is 19.7. The molecule has 0 bridgehead atoms. The number of nitrogens with zero attached hydrogens (tertiary/aromatic N) is 2. The van der Waals surface area contributed by atoms with Gasteiger partial charge < -0.3 is 18.8 Å². The Balaban J connectivity index is 1.29. The summed E-state index contributed by atoms with van der Waals surface area (Å²) in [6.07, 6.45) is 2.47. The van der Waals surface area contributed by atoms with Crippen LogP contribution in [0.3, 0.4) is 0 Å². The summed E-state index contributed by atoms with van der Waals surface area (Å²) in [5, 5.41) is 2.18. The van der Waals surface area contributed by atoms with Gasteiger partial charge in [-0.1, -0.05) is 48.5 Å². The van der Waals surface area contributed by atoms with E-state index in [-0.39, 0.29) is 6.09 Å². The van der Waals surface area contributed by atoms with Crippen molar-refractivity contribution in [3.8, 4) is 5.88 Å². The average molecular weight is 457 g/mol. The molecular weight excluding hydrogens is 428 g/mol. The first-order chi connectivity index (χ1) is 16.4. The molecule has 2 aromatic carbocycles. The molecule has 174 valence electrons. The summed E-state index contributed by atoms with van der Waals surface area (Å²) in [7, 11) is 0. The number of fused-ring (bicyclic) bond motifs is 3. The van der Waals surface area contributed by atoms with Crippen molar-refractivity contribution in [1.29, 1.82) is 0 Å². The first-order valence-corrected chi connectivity index (χ1v) is 11.5. The van der Waals surface area contributed by atoms with Crippen molar-refractivity contribution in [2.75, 3.05) is 13.1 Å². The third kappa shape index (κ3) is 4.62. The van der Waals surface area contributed by atoms with Crippen LogP contribution >= 0.6 is 0 Å². The van der Waals surface area contributed by atoms with E-state index in [9.17, 15) is 4.79 Å². The van der Waals surface area contributed by atoms with Gasteiger partial charge in [-0.25, -0.2) is 9.78 Å². The fourth-order valence-electron chi connectivity index (χ4n) is 4.14. The Labute approximate surface area is 198 Å². The maximum absolute atomic E-state index is 12.3. The van der Waals surface area contributed by atoms with E-state index in [2.05, 4.69) is 12.1 Å². The van der Waals surface area contributed by atoms with Crippen molar-refractivity contribution in [3.63, 3.8) is 0 Å². The standard InChI is InChI=1S/C28H28N2O4/c1-28(2,3)34-27(31)30-16-14-19(15-17-30)23-11-7-13-25(29-23)32-18-20-8-6-10-22-21-9-4-5-12-24(21)33-26(20)22/h4-14H,15-18H2,1-3H3. The molecular formula is C28H28N2O4. The quantitative estimate of drug-likeness (QED) is 0.347. The van der Waals surface area contributed by atoms with Crippen molar-refractivity contribution in [2.45, 2.75) is 39.4 Å². The van der Waals surface area contributed by atoms with Crippen molar-refractivity contribution in [2.24, 2.45) is 0 Å². The van der Waals surface area contributed by atoms with Gasteiger partial charge in [0, 0.05) is 35.5 Å². The maximum Gasteiger partial charge on any atom is 0.410 e. The van der Waals surface area contributed by atoms with Gasteiger partial charge in [-0.2, -0.15) is 0 Å². The predicted molar refractivity (Wildman–Crippen MR) is 133 cm³/mol. The number of ether oxygens (including phenoxy) is 2. The van der Waals surface area contributed by atoms with Gasteiger partial charge in [-0.05, 0) is 44.9 Å². The summed E-state index contributed by atoms with van der Waals surface area (Å²) in [6, 6.07) is 19.9. The van der Waals surface area contributed by atoms with Gasteiger partial charge in [-0.15, -0.1) is 0 Å². The number of pyridine rings is 1. The molecule has 0 unspecified atom stereocenters.